The number of hydrogen-bond donors (Lipinski definition) is 1. The molecule has 254 valence electrons. The third-order valence-corrected chi connectivity index (χ3v) is 10.4. The van der Waals surface area contributed by atoms with Gasteiger partial charge in [-0.3, -0.25) is 9.59 Å². The minimum absolute atomic E-state index is 0.0892. The van der Waals surface area contributed by atoms with Gasteiger partial charge in [0.15, 0.2) is 0 Å². The van der Waals surface area contributed by atoms with E-state index in [9.17, 15) is 22.8 Å². The van der Waals surface area contributed by atoms with Gasteiger partial charge in [-0.25, -0.2) is 9.67 Å². The van der Waals surface area contributed by atoms with E-state index in [0.29, 0.717) is 54.1 Å². The quantitative estimate of drug-likeness (QED) is 0.171. The molecule has 12 heteroatoms. The van der Waals surface area contributed by atoms with Crippen LogP contribution in [0, 0.1) is 0 Å². The van der Waals surface area contributed by atoms with Crippen LogP contribution >= 0.6 is 23.1 Å². The van der Waals surface area contributed by atoms with Gasteiger partial charge in [-0.05, 0) is 86.9 Å². The van der Waals surface area contributed by atoms with Crippen molar-refractivity contribution in [3.05, 3.63) is 106 Å². The molecule has 6 rings (SSSR count). The Labute approximate surface area is 291 Å². The zero-order valence-electron chi connectivity index (χ0n) is 27.5. The van der Waals surface area contributed by atoms with E-state index < -0.39 is 11.7 Å². The van der Waals surface area contributed by atoms with Crippen LogP contribution in [0.25, 0.3) is 22.3 Å². The van der Waals surface area contributed by atoms with Gasteiger partial charge in [0.25, 0.3) is 11.8 Å². The third-order valence-electron chi connectivity index (χ3n) is 8.60. The Bertz CT molecular complexity index is 1950. The highest BCUT2D eigenvalue weighted by Gasteiger charge is 2.31. The summed E-state index contributed by atoms with van der Waals surface area (Å²) in [6, 6.07) is 20.0. The maximum atomic E-state index is 13.6. The summed E-state index contributed by atoms with van der Waals surface area (Å²) in [6.45, 7) is 7.08. The molecule has 0 radical (unpaired) electrons. The summed E-state index contributed by atoms with van der Waals surface area (Å²) in [5.41, 5.74) is 2.57. The maximum Gasteiger partial charge on any atom is 0.416 e. The molecule has 2 amide bonds. The van der Waals surface area contributed by atoms with Crippen molar-refractivity contribution in [3.8, 4) is 22.3 Å². The van der Waals surface area contributed by atoms with Crippen LogP contribution in [0.5, 0.6) is 0 Å². The fourth-order valence-electron chi connectivity index (χ4n) is 5.97. The highest BCUT2D eigenvalue weighted by Crippen LogP contribution is 2.36. The highest BCUT2D eigenvalue weighted by atomic mass is 32.2. The molecule has 0 spiro atoms. The number of likely N-dealkylation sites (tertiary alicyclic amines) is 1. The highest BCUT2D eigenvalue weighted by molar-refractivity contribution is 7.98. The molecule has 1 aliphatic rings. The predicted molar refractivity (Wildman–Crippen MR) is 189 cm³/mol. The van der Waals surface area contributed by atoms with Gasteiger partial charge < -0.3 is 10.2 Å². The molecule has 1 saturated heterocycles. The zero-order valence-corrected chi connectivity index (χ0v) is 29.2. The van der Waals surface area contributed by atoms with Crippen molar-refractivity contribution in [2.45, 2.75) is 56.1 Å². The lowest BCUT2D eigenvalue weighted by molar-refractivity contribution is -0.137. The molecule has 0 saturated carbocycles. The molecular formula is C37H36F3N5O2S2. The number of anilines is 1. The van der Waals surface area contributed by atoms with Crippen LogP contribution in [0.2, 0.25) is 0 Å². The van der Waals surface area contributed by atoms with Crippen LogP contribution in [0.3, 0.4) is 0 Å². The zero-order chi connectivity index (χ0) is 34.9. The van der Waals surface area contributed by atoms with Gasteiger partial charge in [-0.2, -0.15) is 18.3 Å². The average Bonchev–Trinajstić information content (AvgIpc) is 3.76. The van der Waals surface area contributed by atoms with E-state index in [1.54, 1.807) is 52.5 Å². The summed E-state index contributed by atoms with van der Waals surface area (Å²) < 4.78 is 41.1. The van der Waals surface area contributed by atoms with Crippen molar-refractivity contribution in [2.24, 2.45) is 0 Å². The largest absolute Gasteiger partial charge is 0.416 e. The lowest BCUT2D eigenvalue weighted by Crippen LogP contribution is -2.38. The number of aromatic nitrogens is 3. The van der Waals surface area contributed by atoms with E-state index in [4.69, 9.17) is 4.98 Å². The molecule has 0 atom stereocenters. The number of nitrogens with zero attached hydrogens (tertiary/aromatic N) is 4. The summed E-state index contributed by atoms with van der Waals surface area (Å²) in [5, 5.41) is 10.3. The smallest absolute Gasteiger partial charge is 0.339 e. The fourth-order valence-corrected chi connectivity index (χ4v) is 7.35. The Morgan fingerprint density at radius 2 is 1.53 bits per heavy atom. The summed E-state index contributed by atoms with van der Waals surface area (Å²) in [6.07, 6.45) is 0.725. The van der Waals surface area contributed by atoms with Crippen LogP contribution in [-0.2, 0) is 11.7 Å². The molecule has 1 N–H and O–H groups in total. The first-order valence-electron chi connectivity index (χ1n) is 15.9. The van der Waals surface area contributed by atoms with E-state index >= 15 is 0 Å². The number of hydrogen-bond acceptors (Lipinski definition) is 6. The summed E-state index contributed by atoms with van der Waals surface area (Å²) in [5.74, 6) is 0.212. The van der Waals surface area contributed by atoms with Crippen molar-refractivity contribution in [1.29, 1.82) is 0 Å². The topological polar surface area (TPSA) is 80.1 Å². The molecule has 5 aromatic rings. The molecule has 0 bridgehead atoms. The van der Waals surface area contributed by atoms with Crippen molar-refractivity contribution < 1.29 is 22.8 Å². The Kier molecular flexibility index (Phi) is 9.72. The fraction of sp³-hybridized carbons (Fsp3) is 0.297. The van der Waals surface area contributed by atoms with Crippen LogP contribution in [0.15, 0.2) is 89.3 Å². The molecule has 1 fully saturated rings. The number of nitrogens with one attached hydrogen (secondary N) is 1. The van der Waals surface area contributed by atoms with Gasteiger partial charge in [0.1, 0.15) is 11.5 Å². The number of amides is 2. The number of thioether (sulfide) groups is 1. The predicted octanol–water partition coefficient (Wildman–Crippen LogP) is 9.44. The lowest BCUT2D eigenvalue weighted by Gasteiger charge is -2.31. The van der Waals surface area contributed by atoms with Gasteiger partial charge in [-0.1, -0.05) is 42.5 Å². The van der Waals surface area contributed by atoms with Gasteiger partial charge >= 0.3 is 6.18 Å². The number of halogens is 3. The van der Waals surface area contributed by atoms with Gasteiger partial charge in [0.2, 0.25) is 0 Å². The van der Waals surface area contributed by atoms with E-state index in [-0.39, 0.29) is 23.3 Å². The van der Waals surface area contributed by atoms with Crippen molar-refractivity contribution in [1.82, 2.24) is 19.7 Å². The molecule has 0 aliphatic carbocycles. The summed E-state index contributed by atoms with van der Waals surface area (Å²) in [7, 11) is 0. The number of benzene rings is 3. The summed E-state index contributed by atoms with van der Waals surface area (Å²) >= 11 is 3.10. The molecule has 7 nitrogen and oxygen atoms in total. The van der Waals surface area contributed by atoms with E-state index in [1.807, 2.05) is 56.0 Å². The first kappa shape index (κ1) is 34.4. The second-order valence-corrected chi connectivity index (χ2v) is 14.7. The maximum absolute atomic E-state index is 13.6. The Balaban J connectivity index is 1.13. The first-order valence-corrected chi connectivity index (χ1v) is 18.0. The first-order chi connectivity index (χ1) is 23.3. The van der Waals surface area contributed by atoms with Crippen LogP contribution in [0.1, 0.15) is 70.9 Å². The number of carbonyl (C=O) groups is 2. The normalized spacial score (nSPS) is 14.2. The van der Waals surface area contributed by atoms with Crippen molar-refractivity contribution in [2.75, 3.05) is 24.7 Å². The molecular weight excluding hydrogens is 668 g/mol. The Hall–Kier alpha value is -4.42. The monoisotopic (exact) mass is 703 g/mol. The number of piperidine rings is 1. The van der Waals surface area contributed by atoms with Crippen molar-refractivity contribution >= 4 is 40.7 Å². The van der Waals surface area contributed by atoms with E-state index in [1.165, 1.54) is 23.5 Å². The van der Waals surface area contributed by atoms with Crippen molar-refractivity contribution in [3.63, 3.8) is 0 Å². The van der Waals surface area contributed by atoms with Crippen LogP contribution in [-0.4, -0.2) is 50.8 Å². The molecule has 3 heterocycles. The molecule has 3 aromatic carbocycles. The number of thiazole rings is 1. The van der Waals surface area contributed by atoms with Gasteiger partial charge in [-0.15, -0.1) is 23.1 Å². The second-order valence-electron chi connectivity index (χ2n) is 12.9. The number of rotatable bonds is 7. The van der Waals surface area contributed by atoms with Gasteiger partial charge in [0, 0.05) is 40.4 Å². The van der Waals surface area contributed by atoms with Gasteiger partial charge in [0.05, 0.1) is 22.3 Å². The molecule has 2 aromatic heterocycles. The summed E-state index contributed by atoms with van der Waals surface area (Å²) in [4.78, 5) is 34.9. The van der Waals surface area contributed by atoms with Crippen LogP contribution < -0.4 is 5.32 Å². The van der Waals surface area contributed by atoms with E-state index in [2.05, 4.69) is 10.4 Å². The Morgan fingerprint density at radius 1 is 0.898 bits per heavy atom. The Morgan fingerprint density at radius 3 is 2.16 bits per heavy atom. The minimum atomic E-state index is -4.43. The number of carbonyl (C=O) groups excluding carboxylic acids is 2. The SMILES string of the molecule is CSc1ccc(-c2cnn(C(C)(C)C)c2NC(=O)c2csc(C3CCN(C(=O)c4ccccc4-c4ccc(C(F)(F)F)cc4)CC3)n2)cc1. The molecule has 0 unspecified atom stereocenters. The molecule has 49 heavy (non-hydrogen) atoms. The number of alkyl halides is 3. The third kappa shape index (κ3) is 7.45. The molecule has 1 aliphatic heterocycles. The van der Waals surface area contributed by atoms with Crippen LogP contribution in [0.4, 0.5) is 19.0 Å². The minimum Gasteiger partial charge on any atom is -0.339 e. The standard InChI is InChI=1S/C37H36F3N5O2S2/c1-36(2,3)45-32(30(21-41-45)24-11-15-27(48-4)16-12-24)43-33(46)31-22-49-34(42-31)25-17-19-44(20-18-25)35(47)29-8-6-5-7-28(29)23-9-13-26(14-10-23)37(38,39)40/h5-16,21-22,25H,17-20H2,1-4H3,(H,43,46). The average molecular weight is 704 g/mol. The second kappa shape index (κ2) is 13.8. The van der Waals surface area contributed by atoms with E-state index in [0.717, 1.165) is 33.2 Å². The lowest BCUT2D eigenvalue weighted by atomic mass is 9.94.